The molecule has 0 aromatic carbocycles. The minimum absolute atomic E-state index is 0.00430. The third-order valence-electron chi connectivity index (χ3n) is 6.35. The Morgan fingerprint density at radius 3 is 1.89 bits per heavy atom. The molecule has 0 radical (unpaired) electrons. The van der Waals surface area contributed by atoms with E-state index in [0.29, 0.717) is 35.2 Å². The van der Waals surface area contributed by atoms with Crippen LogP contribution in [0.2, 0.25) is 22.2 Å². The van der Waals surface area contributed by atoms with Gasteiger partial charge in [-0.2, -0.15) is 0 Å². The summed E-state index contributed by atoms with van der Waals surface area (Å²) in [5.74, 6) is 0.222. The van der Waals surface area contributed by atoms with Gasteiger partial charge in [0.25, 0.3) is 0 Å². The molecular formula is C19H39NO5Si2. The third kappa shape index (κ3) is 4.44. The second-order valence-corrected chi connectivity index (χ2v) is 18.4. The van der Waals surface area contributed by atoms with E-state index in [1.165, 1.54) is 0 Å². The number of fused-ring (bicyclic) bond motifs is 1. The molecule has 3 atom stereocenters. The molecular weight excluding hydrogens is 378 g/mol. The van der Waals surface area contributed by atoms with Crippen LogP contribution >= 0.6 is 0 Å². The lowest BCUT2D eigenvalue weighted by atomic mass is 10.1. The van der Waals surface area contributed by atoms with Crippen molar-refractivity contribution in [1.82, 2.24) is 5.32 Å². The molecule has 2 fully saturated rings. The fraction of sp³-hybridized carbons (Fsp3) is 0.947. The van der Waals surface area contributed by atoms with E-state index in [4.69, 9.17) is 18.1 Å². The molecule has 1 saturated carbocycles. The van der Waals surface area contributed by atoms with Gasteiger partial charge in [0.1, 0.15) is 0 Å². The van der Waals surface area contributed by atoms with E-state index >= 15 is 0 Å². The number of carbonyl (C=O) groups is 1. The lowest BCUT2D eigenvalue weighted by Crippen LogP contribution is -2.64. The zero-order chi connectivity index (χ0) is 20.6. The van der Waals surface area contributed by atoms with Crippen LogP contribution in [-0.4, -0.2) is 47.1 Å². The average Bonchev–Trinajstić information content (AvgIpc) is 2.86. The van der Waals surface area contributed by atoms with Crippen molar-refractivity contribution in [2.45, 2.75) is 103 Å². The van der Waals surface area contributed by atoms with E-state index in [-0.39, 0.29) is 18.1 Å². The molecule has 1 saturated heterocycles. The van der Waals surface area contributed by atoms with Gasteiger partial charge >= 0.3 is 23.2 Å². The number of rotatable bonds is 5. The van der Waals surface area contributed by atoms with E-state index in [1.54, 1.807) is 0 Å². The Hall–Kier alpha value is -0.416. The van der Waals surface area contributed by atoms with Crippen LogP contribution in [-0.2, 0) is 13.0 Å². The standard InChI is InChI=1S/C19H39NO5Si2/c1-12(2)26(13(3)4)23-11-16-9-17(20-19(21)22)10-18(16)24-27(25-26,14(5)6)15(7)8/h12-18,20H,9-11H2,1-8H3,(H,21,22). The minimum Gasteiger partial charge on any atom is -0.465 e. The number of hydrogen-bond donors (Lipinski definition) is 2. The van der Waals surface area contributed by atoms with E-state index in [9.17, 15) is 4.79 Å². The van der Waals surface area contributed by atoms with Crippen molar-refractivity contribution < 1.29 is 22.9 Å². The van der Waals surface area contributed by atoms with E-state index in [0.717, 1.165) is 6.42 Å². The molecule has 8 heteroatoms. The number of nitrogens with one attached hydrogen (secondary N) is 1. The Bertz CT molecular complexity index is 510. The Balaban J connectivity index is 2.44. The lowest BCUT2D eigenvalue weighted by Gasteiger charge is -2.51. The van der Waals surface area contributed by atoms with Gasteiger partial charge in [-0.1, -0.05) is 55.4 Å². The maximum Gasteiger partial charge on any atom is 0.404 e. The maximum absolute atomic E-state index is 11.1. The molecule has 2 rings (SSSR count). The van der Waals surface area contributed by atoms with E-state index in [2.05, 4.69) is 60.7 Å². The summed E-state index contributed by atoms with van der Waals surface area (Å²) >= 11 is 0. The second-order valence-electron chi connectivity index (χ2n) is 9.51. The number of carboxylic acid groups (broad SMARTS) is 1. The average molecular weight is 418 g/mol. The molecule has 0 aromatic rings. The highest BCUT2D eigenvalue weighted by Gasteiger charge is 2.59. The second kappa shape index (κ2) is 8.53. The van der Waals surface area contributed by atoms with Crippen molar-refractivity contribution in [1.29, 1.82) is 0 Å². The van der Waals surface area contributed by atoms with Gasteiger partial charge in [0.15, 0.2) is 0 Å². The fourth-order valence-electron chi connectivity index (χ4n) is 4.89. The predicted molar refractivity (Wildman–Crippen MR) is 111 cm³/mol. The highest BCUT2D eigenvalue weighted by atomic mass is 28.5. The molecule has 2 aliphatic rings. The van der Waals surface area contributed by atoms with Crippen LogP contribution in [0.3, 0.4) is 0 Å². The van der Waals surface area contributed by atoms with Crippen LogP contribution in [0, 0.1) is 5.92 Å². The van der Waals surface area contributed by atoms with Crippen LogP contribution < -0.4 is 5.32 Å². The normalized spacial score (nSPS) is 30.4. The van der Waals surface area contributed by atoms with Crippen molar-refractivity contribution in [3.05, 3.63) is 0 Å². The molecule has 3 unspecified atom stereocenters. The highest BCUT2D eigenvalue weighted by Crippen LogP contribution is 2.48. The van der Waals surface area contributed by atoms with Crippen molar-refractivity contribution in [2.24, 2.45) is 5.92 Å². The summed E-state index contributed by atoms with van der Waals surface area (Å²) in [5.41, 5.74) is 1.26. The number of hydrogen-bond acceptors (Lipinski definition) is 4. The first-order chi connectivity index (χ1) is 12.4. The molecule has 0 bridgehead atoms. The third-order valence-corrected chi connectivity index (χ3v) is 16.6. The SMILES string of the molecule is CC(C)[Si]1(C(C)C)OCC2CC(NC(=O)O)CC2O[Si](C(C)C)(C(C)C)O1. The minimum atomic E-state index is -2.57. The summed E-state index contributed by atoms with van der Waals surface area (Å²) in [7, 11) is -5.07. The quantitative estimate of drug-likeness (QED) is 0.616. The molecule has 0 spiro atoms. The topological polar surface area (TPSA) is 77.0 Å². The van der Waals surface area contributed by atoms with Crippen LogP contribution in [0.1, 0.15) is 68.2 Å². The summed E-state index contributed by atoms with van der Waals surface area (Å²) < 4.78 is 20.8. The molecule has 1 amide bonds. The Kier molecular flexibility index (Phi) is 7.22. The van der Waals surface area contributed by atoms with Crippen LogP contribution in [0.5, 0.6) is 0 Å². The van der Waals surface area contributed by atoms with Gasteiger partial charge < -0.3 is 23.4 Å². The van der Waals surface area contributed by atoms with Gasteiger partial charge in [0, 0.05) is 18.6 Å². The van der Waals surface area contributed by atoms with Crippen molar-refractivity contribution in [2.75, 3.05) is 6.61 Å². The molecule has 1 aliphatic carbocycles. The summed E-state index contributed by atoms with van der Waals surface area (Å²) in [6.07, 6.45) is 0.522. The molecule has 1 aliphatic heterocycles. The Morgan fingerprint density at radius 2 is 1.44 bits per heavy atom. The molecule has 158 valence electrons. The van der Waals surface area contributed by atoms with Gasteiger partial charge in [-0.15, -0.1) is 0 Å². The molecule has 27 heavy (non-hydrogen) atoms. The van der Waals surface area contributed by atoms with Crippen molar-refractivity contribution in [3.8, 4) is 0 Å². The van der Waals surface area contributed by atoms with Gasteiger partial charge in [-0.05, 0) is 35.0 Å². The van der Waals surface area contributed by atoms with Crippen molar-refractivity contribution in [3.63, 3.8) is 0 Å². The predicted octanol–water partition coefficient (Wildman–Crippen LogP) is 4.99. The smallest absolute Gasteiger partial charge is 0.404 e. The fourth-order valence-corrected chi connectivity index (χ4v) is 16.2. The van der Waals surface area contributed by atoms with Gasteiger partial charge in [0.2, 0.25) is 0 Å². The van der Waals surface area contributed by atoms with Gasteiger partial charge in [0.05, 0.1) is 6.10 Å². The molecule has 2 N–H and O–H groups in total. The van der Waals surface area contributed by atoms with Gasteiger partial charge in [-0.3, -0.25) is 0 Å². The molecule has 6 nitrogen and oxygen atoms in total. The first-order valence-corrected chi connectivity index (χ1v) is 14.4. The van der Waals surface area contributed by atoms with Crippen LogP contribution in [0.25, 0.3) is 0 Å². The Morgan fingerprint density at radius 1 is 0.926 bits per heavy atom. The lowest BCUT2D eigenvalue weighted by molar-refractivity contribution is 0.0368. The summed E-state index contributed by atoms with van der Waals surface area (Å²) in [5, 5.41) is 11.8. The number of amides is 1. The highest BCUT2D eigenvalue weighted by molar-refractivity contribution is 6.83. The van der Waals surface area contributed by atoms with Crippen molar-refractivity contribution >= 4 is 23.2 Å². The van der Waals surface area contributed by atoms with Gasteiger partial charge in [-0.25, -0.2) is 4.79 Å². The summed E-state index contributed by atoms with van der Waals surface area (Å²) in [4.78, 5) is 11.1. The molecule has 0 aromatic heterocycles. The van der Waals surface area contributed by atoms with E-state index in [1.807, 2.05) is 0 Å². The summed E-state index contributed by atoms with van der Waals surface area (Å²) in [6, 6.07) is -0.0700. The van der Waals surface area contributed by atoms with Crippen LogP contribution in [0.15, 0.2) is 0 Å². The molecule has 1 heterocycles. The first kappa shape index (κ1) is 22.9. The Labute approximate surface area is 166 Å². The maximum atomic E-state index is 11.1. The zero-order valence-corrected chi connectivity index (χ0v) is 20.2. The monoisotopic (exact) mass is 417 g/mol. The summed E-state index contributed by atoms with van der Waals surface area (Å²) in [6.45, 7) is 18.3. The zero-order valence-electron chi connectivity index (χ0n) is 18.2. The largest absolute Gasteiger partial charge is 0.465 e. The van der Waals surface area contributed by atoms with Crippen LogP contribution in [0.4, 0.5) is 4.79 Å². The van der Waals surface area contributed by atoms with E-state index < -0.39 is 23.2 Å². The first-order valence-electron chi connectivity index (χ1n) is 10.5.